The summed E-state index contributed by atoms with van der Waals surface area (Å²) in [4.78, 5) is 23.9. The molecular weight excluding hydrogens is 386 g/mol. The van der Waals surface area contributed by atoms with Crippen LogP contribution in [-0.2, 0) is 22.6 Å². The molecule has 3 N–H and O–H groups in total. The summed E-state index contributed by atoms with van der Waals surface area (Å²) in [6, 6.07) is 0. The molecule has 4 fully saturated rings. The van der Waals surface area contributed by atoms with Crippen LogP contribution in [0.1, 0.15) is 64.6 Å². The number of hydrogen-bond donors (Lipinski definition) is 2. The van der Waals surface area contributed by atoms with Gasteiger partial charge in [0.1, 0.15) is 5.82 Å². The van der Waals surface area contributed by atoms with Gasteiger partial charge in [-0.05, 0) is 62.2 Å². The van der Waals surface area contributed by atoms with E-state index in [-0.39, 0.29) is 23.8 Å². The van der Waals surface area contributed by atoms with E-state index in [2.05, 4.69) is 29.4 Å². The van der Waals surface area contributed by atoms with Gasteiger partial charge in [-0.3, -0.25) is 9.59 Å². The summed E-state index contributed by atoms with van der Waals surface area (Å²) in [7, 11) is 0. The molecule has 1 aromatic heterocycles. The molecule has 0 aliphatic heterocycles. The van der Waals surface area contributed by atoms with Gasteiger partial charge in [0, 0.05) is 24.9 Å². The Hall–Kier alpha value is -1.57. The molecule has 0 unspecified atom stereocenters. The minimum atomic E-state index is -0.340. The van der Waals surface area contributed by atoms with E-state index in [1.54, 1.807) is 0 Å². The number of aromatic nitrogens is 3. The SMILES string of the molecule is CC(C)Cn1c(CCC(N)=O)nnc1SCC(=O)NC12CC3CC(CC(C3)C1)C2. The van der Waals surface area contributed by atoms with E-state index in [4.69, 9.17) is 5.73 Å². The molecular formula is C21H33N5O2S. The number of nitrogens with zero attached hydrogens (tertiary/aromatic N) is 3. The highest BCUT2D eigenvalue weighted by Gasteiger charge is 2.51. The zero-order valence-electron chi connectivity index (χ0n) is 17.5. The fourth-order valence-corrected chi connectivity index (χ4v) is 6.89. The highest BCUT2D eigenvalue weighted by molar-refractivity contribution is 7.99. The third-order valence-corrected chi connectivity index (χ3v) is 7.68. The van der Waals surface area contributed by atoms with Crippen molar-refractivity contribution in [1.29, 1.82) is 0 Å². The highest BCUT2D eigenvalue weighted by atomic mass is 32.2. The van der Waals surface area contributed by atoms with Crippen LogP contribution in [0.2, 0.25) is 0 Å². The fraction of sp³-hybridized carbons (Fsp3) is 0.810. The van der Waals surface area contributed by atoms with Crippen LogP contribution in [0.25, 0.3) is 0 Å². The average Bonchev–Trinajstić information content (AvgIpc) is 2.97. The standard InChI is InChI=1S/C21H33N5O2S/c1-13(2)11-26-18(4-3-17(22)27)24-25-20(26)29-12-19(28)23-21-8-14-5-15(9-21)7-16(6-14)10-21/h13-16H,3-12H2,1-2H3,(H2,22,27)(H,23,28). The van der Waals surface area contributed by atoms with Crippen LogP contribution in [0.3, 0.4) is 0 Å². The Bertz CT molecular complexity index is 740. The third kappa shape index (κ3) is 4.78. The van der Waals surface area contributed by atoms with Crippen molar-refractivity contribution >= 4 is 23.6 Å². The number of aryl methyl sites for hydroxylation is 1. The van der Waals surface area contributed by atoms with Crippen molar-refractivity contribution < 1.29 is 9.59 Å². The van der Waals surface area contributed by atoms with E-state index < -0.39 is 0 Å². The van der Waals surface area contributed by atoms with Gasteiger partial charge in [0.25, 0.3) is 0 Å². The van der Waals surface area contributed by atoms with Gasteiger partial charge in [0.15, 0.2) is 5.16 Å². The Morgan fingerprint density at radius 2 is 1.79 bits per heavy atom. The van der Waals surface area contributed by atoms with Crippen molar-refractivity contribution in [2.75, 3.05) is 5.75 Å². The molecule has 1 aromatic rings. The minimum absolute atomic E-state index is 0.0463. The predicted molar refractivity (Wildman–Crippen MR) is 112 cm³/mol. The molecule has 0 saturated heterocycles. The minimum Gasteiger partial charge on any atom is -0.370 e. The van der Waals surface area contributed by atoms with Crippen molar-refractivity contribution in [3.05, 3.63) is 5.82 Å². The number of carbonyl (C=O) groups is 2. The lowest BCUT2D eigenvalue weighted by atomic mass is 9.53. The molecule has 160 valence electrons. The number of nitrogens with one attached hydrogen (secondary N) is 1. The molecule has 4 aliphatic rings. The first-order valence-electron chi connectivity index (χ1n) is 11.0. The largest absolute Gasteiger partial charge is 0.370 e. The molecule has 8 heteroatoms. The smallest absolute Gasteiger partial charge is 0.230 e. The summed E-state index contributed by atoms with van der Waals surface area (Å²) >= 11 is 1.44. The summed E-state index contributed by atoms with van der Waals surface area (Å²) in [6.07, 6.45) is 8.34. The van der Waals surface area contributed by atoms with Gasteiger partial charge in [0.2, 0.25) is 11.8 Å². The molecule has 0 spiro atoms. The number of primary amides is 1. The monoisotopic (exact) mass is 419 g/mol. The Kier molecular flexibility index (Phi) is 5.91. The first-order valence-corrected chi connectivity index (χ1v) is 11.9. The number of nitrogens with two attached hydrogens (primary N) is 1. The normalized spacial score (nSPS) is 30.1. The van der Waals surface area contributed by atoms with Crippen molar-refractivity contribution in [1.82, 2.24) is 20.1 Å². The Morgan fingerprint density at radius 1 is 1.17 bits per heavy atom. The van der Waals surface area contributed by atoms with E-state index in [0.717, 1.165) is 54.5 Å². The summed E-state index contributed by atoms with van der Waals surface area (Å²) in [5.41, 5.74) is 5.33. The van der Waals surface area contributed by atoms with E-state index >= 15 is 0 Å². The van der Waals surface area contributed by atoms with Crippen LogP contribution >= 0.6 is 11.8 Å². The van der Waals surface area contributed by atoms with Gasteiger partial charge in [-0.15, -0.1) is 10.2 Å². The maximum absolute atomic E-state index is 12.8. The van der Waals surface area contributed by atoms with E-state index in [1.165, 1.54) is 31.0 Å². The van der Waals surface area contributed by atoms with Crippen LogP contribution in [0.15, 0.2) is 5.16 Å². The van der Waals surface area contributed by atoms with Gasteiger partial charge >= 0.3 is 0 Å². The van der Waals surface area contributed by atoms with E-state index in [0.29, 0.717) is 18.1 Å². The fourth-order valence-electron chi connectivity index (χ4n) is 6.12. The van der Waals surface area contributed by atoms with Gasteiger partial charge in [-0.1, -0.05) is 25.6 Å². The molecule has 4 bridgehead atoms. The second-order valence-electron chi connectivity index (χ2n) is 9.90. The van der Waals surface area contributed by atoms with Crippen molar-refractivity contribution in [3.63, 3.8) is 0 Å². The van der Waals surface area contributed by atoms with E-state index in [1.807, 2.05) is 4.57 Å². The Morgan fingerprint density at radius 3 is 2.34 bits per heavy atom. The molecule has 4 saturated carbocycles. The second-order valence-corrected chi connectivity index (χ2v) is 10.8. The van der Waals surface area contributed by atoms with Crippen LogP contribution in [0.5, 0.6) is 0 Å². The Labute approximate surface area is 177 Å². The third-order valence-electron chi connectivity index (χ3n) is 6.71. The average molecular weight is 420 g/mol. The predicted octanol–water partition coefficient (Wildman–Crippen LogP) is 2.53. The molecule has 0 aromatic carbocycles. The van der Waals surface area contributed by atoms with Gasteiger partial charge < -0.3 is 15.6 Å². The molecule has 2 amide bonds. The summed E-state index contributed by atoms with van der Waals surface area (Å²) in [5.74, 6) is 3.75. The number of hydrogen-bond acceptors (Lipinski definition) is 5. The van der Waals surface area contributed by atoms with E-state index in [9.17, 15) is 9.59 Å². The van der Waals surface area contributed by atoms with Gasteiger partial charge in [-0.25, -0.2) is 0 Å². The first kappa shape index (κ1) is 20.7. The number of rotatable bonds is 9. The molecule has 0 atom stereocenters. The summed E-state index contributed by atoms with van der Waals surface area (Å²) in [6.45, 7) is 5.03. The maximum atomic E-state index is 12.8. The number of thioether (sulfide) groups is 1. The van der Waals surface area contributed by atoms with Crippen molar-refractivity contribution in [2.45, 2.75) is 82.5 Å². The van der Waals surface area contributed by atoms with Crippen molar-refractivity contribution in [2.24, 2.45) is 29.4 Å². The summed E-state index contributed by atoms with van der Waals surface area (Å²) in [5, 5.41) is 12.7. The van der Waals surface area contributed by atoms with Crippen LogP contribution < -0.4 is 11.1 Å². The Balaban J connectivity index is 1.37. The topological polar surface area (TPSA) is 103 Å². The second kappa shape index (κ2) is 8.28. The lowest BCUT2D eigenvalue weighted by Crippen LogP contribution is -2.60. The van der Waals surface area contributed by atoms with Gasteiger partial charge in [0.05, 0.1) is 5.75 Å². The molecule has 29 heavy (non-hydrogen) atoms. The lowest BCUT2D eigenvalue weighted by molar-refractivity contribution is -0.124. The molecule has 0 radical (unpaired) electrons. The van der Waals surface area contributed by atoms with Crippen LogP contribution in [0, 0.1) is 23.7 Å². The van der Waals surface area contributed by atoms with Gasteiger partial charge in [-0.2, -0.15) is 0 Å². The molecule has 5 rings (SSSR count). The number of carbonyl (C=O) groups excluding carboxylic acids is 2. The quantitative estimate of drug-likeness (QED) is 0.599. The summed E-state index contributed by atoms with van der Waals surface area (Å²) < 4.78 is 2.04. The molecule has 4 aliphatic carbocycles. The number of amides is 2. The van der Waals surface area contributed by atoms with Crippen molar-refractivity contribution in [3.8, 4) is 0 Å². The van der Waals surface area contributed by atoms with Crippen LogP contribution in [0.4, 0.5) is 0 Å². The molecule has 7 nitrogen and oxygen atoms in total. The molecule has 1 heterocycles. The zero-order chi connectivity index (χ0) is 20.6. The first-order chi connectivity index (χ1) is 13.8. The maximum Gasteiger partial charge on any atom is 0.230 e. The lowest BCUT2D eigenvalue weighted by Gasteiger charge is -2.56. The zero-order valence-corrected chi connectivity index (χ0v) is 18.3. The highest BCUT2D eigenvalue weighted by Crippen LogP contribution is 2.55. The van der Waals surface area contributed by atoms with Crippen LogP contribution in [-0.4, -0.2) is 37.9 Å².